The predicted octanol–water partition coefficient (Wildman–Crippen LogP) is 3.68. The molecule has 3 aromatic carbocycles. The van der Waals surface area contributed by atoms with E-state index in [1.54, 1.807) is 42.5 Å². The van der Waals surface area contributed by atoms with Crippen LogP contribution in [0.1, 0.15) is 16.7 Å². The molecule has 0 aliphatic heterocycles. The number of methoxy groups -OCH3 is 3. The van der Waals surface area contributed by atoms with Crippen LogP contribution < -0.4 is 34.3 Å². The molecule has 0 aliphatic rings. The molecule has 39 heavy (non-hydrogen) atoms. The summed E-state index contributed by atoms with van der Waals surface area (Å²) in [4.78, 5) is 27.2. The fourth-order valence-corrected chi connectivity index (χ4v) is 5.19. The zero-order valence-electron chi connectivity index (χ0n) is 22.2. The molecule has 0 unspecified atom stereocenters. The first-order chi connectivity index (χ1) is 18.8. The highest BCUT2D eigenvalue weighted by molar-refractivity contribution is 7.07. The molecule has 0 atom stereocenters. The summed E-state index contributed by atoms with van der Waals surface area (Å²) >= 11 is 1.05. The molecule has 1 heterocycles. The number of carbonyl (C=O) groups is 1. The van der Waals surface area contributed by atoms with Gasteiger partial charge in [-0.2, -0.15) is 5.26 Å². The maximum absolute atomic E-state index is 13.9. The Kier molecular flexibility index (Phi) is 8.18. The number of amides is 1. The number of nitriles is 1. The van der Waals surface area contributed by atoms with Gasteiger partial charge in [0.15, 0.2) is 17.1 Å². The van der Waals surface area contributed by atoms with Crippen molar-refractivity contribution in [1.29, 1.82) is 5.26 Å². The summed E-state index contributed by atoms with van der Waals surface area (Å²) in [5.74, 6) is 0.791. The first-order valence-corrected chi connectivity index (χ1v) is 12.7. The second-order valence-electron chi connectivity index (χ2n) is 8.60. The van der Waals surface area contributed by atoms with Gasteiger partial charge in [-0.25, -0.2) is 0 Å². The van der Waals surface area contributed by atoms with Gasteiger partial charge in [-0.05, 0) is 55.3 Å². The number of para-hydroxylation sites is 1. The van der Waals surface area contributed by atoms with Crippen molar-refractivity contribution in [3.63, 3.8) is 0 Å². The third kappa shape index (κ3) is 5.56. The van der Waals surface area contributed by atoms with Crippen LogP contribution in [0.2, 0.25) is 0 Å². The molecule has 0 radical (unpaired) electrons. The molecule has 0 aliphatic carbocycles. The van der Waals surface area contributed by atoms with Gasteiger partial charge in [0.2, 0.25) is 0 Å². The minimum absolute atomic E-state index is 0.180. The fraction of sp³-hybridized carbons (Fsp3) is 0.167. The number of carbonyl (C=O) groups excluding carboxylic acids is 1. The summed E-state index contributed by atoms with van der Waals surface area (Å²) in [6, 6.07) is 20.0. The predicted molar refractivity (Wildman–Crippen MR) is 152 cm³/mol. The van der Waals surface area contributed by atoms with E-state index in [-0.39, 0.29) is 15.8 Å². The maximum atomic E-state index is 13.9. The van der Waals surface area contributed by atoms with Crippen molar-refractivity contribution in [3.05, 3.63) is 96.9 Å². The Labute approximate surface area is 229 Å². The Morgan fingerprint density at radius 2 is 1.64 bits per heavy atom. The Bertz CT molecular complexity index is 1780. The SMILES string of the molecule is COc1cc(OC)c(OC)cc1C=c1sc(=C(C#N)C(=O)Nc2cccc(C)c2)n(-c2ccccc2C)c1=O. The maximum Gasteiger partial charge on any atom is 0.273 e. The standard InChI is InChI=1S/C30H27N3O5S/c1-18-9-8-11-21(13-18)32-28(34)22(17-31)30-33(23-12-7-6-10-19(23)2)29(35)27(39-30)15-20-14-25(37-4)26(38-5)16-24(20)36-3/h6-16H,1-5H3,(H,32,34). The summed E-state index contributed by atoms with van der Waals surface area (Å²) in [6.45, 7) is 3.77. The first-order valence-electron chi connectivity index (χ1n) is 11.9. The molecular formula is C30H27N3O5S. The van der Waals surface area contributed by atoms with Crippen LogP contribution in [0.15, 0.2) is 65.5 Å². The number of anilines is 1. The van der Waals surface area contributed by atoms with Gasteiger partial charge in [0.25, 0.3) is 11.5 Å². The van der Waals surface area contributed by atoms with Gasteiger partial charge in [-0.15, -0.1) is 11.3 Å². The summed E-state index contributed by atoms with van der Waals surface area (Å²) < 4.78 is 18.3. The lowest BCUT2D eigenvalue weighted by Crippen LogP contribution is -2.32. The summed E-state index contributed by atoms with van der Waals surface area (Å²) in [7, 11) is 4.55. The summed E-state index contributed by atoms with van der Waals surface area (Å²) in [6.07, 6.45) is 1.65. The zero-order chi connectivity index (χ0) is 28.1. The third-order valence-corrected chi connectivity index (χ3v) is 7.12. The molecule has 0 saturated heterocycles. The second kappa shape index (κ2) is 11.7. The second-order valence-corrected chi connectivity index (χ2v) is 9.63. The van der Waals surface area contributed by atoms with Crippen LogP contribution in [0.4, 0.5) is 5.69 Å². The molecule has 8 nitrogen and oxygen atoms in total. The van der Waals surface area contributed by atoms with Gasteiger partial charge >= 0.3 is 0 Å². The number of nitrogens with one attached hydrogen (secondary N) is 1. The number of hydrogen-bond acceptors (Lipinski definition) is 7. The van der Waals surface area contributed by atoms with Crippen LogP contribution in [0.25, 0.3) is 17.3 Å². The van der Waals surface area contributed by atoms with Crippen molar-refractivity contribution in [2.75, 3.05) is 26.6 Å². The van der Waals surface area contributed by atoms with Crippen molar-refractivity contribution in [2.24, 2.45) is 0 Å². The Morgan fingerprint density at radius 1 is 0.949 bits per heavy atom. The quantitative estimate of drug-likeness (QED) is 0.383. The van der Waals surface area contributed by atoms with Crippen LogP contribution >= 0.6 is 11.3 Å². The number of ether oxygens (including phenoxy) is 3. The van der Waals surface area contributed by atoms with Crippen molar-refractivity contribution < 1.29 is 19.0 Å². The van der Waals surface area contributed by atoms with Crippen LogP contribution in [-0.4, -0.2) is 31.8 Å². The molecule has 0 spiro atoms. The molecule has 0 fully saturated rings. The van der Waals surface area contributed by atoms with E-state index >= 15 is 0 Å². The van der Waals surface area contributed by atoms with E-state index in [9.17, 15) is 14.9 Å². The number of hydrogen-bond donors (Lipinski definition) is 1. The topological polar surface area (TPSA) is 103 Å². The van der Waals surface area contributed by atoms with Gasteiger partial charge in [-0.3, -0.25) is 14.2 Å². The largest absolute Gasteiger partial charge is 0.496 e. The van der Waals surface area contributed by atoms with E-state index in [0.29, 0.717) is 38.7 Å². The number of thiazole rings is 1. The third-order valence-electron chi connectivity index (χ3n) is 6.03. The molecule has 198 valence electrons. The Balaban J connectivity index is 2.02. The lowest BCUT2D eigenvalue weighted by Gasteiger charge is -2.11. The monoisotopic (exact) mass is 541 g/mol. The minimum atomic E-state index is -0.609. The van der Waals surface area contributed by atoms with E-state index < -0.39 is 5.91 Å². The lowest BCUT2D eigenvalue weighted by atomic mass is 10.1. The number of aromatic nitrogens is 1. The average molecular weight is 542 g/mol. The molecular weight excluding hydrogens is 514 g/mol. The summed E-state index contributed by atoms with van der Waals surface area (Å²) in [5, 5.41) is 12.9. The zero-order valence-corrected chi connectivity index (χ0v) is 23.0. The highest BCUT2D eigenvalue weighted by Gasteiger charge is 2.19. The van der Waals surface area contributed by atoms with Crippen LogP contribution in [0.3, 0.4) is 0 Å². The van der Waals surface area contributed by atoms with E-state index in [1.807, 2.05) is 44.2 Å². The molecule has 4 rings (SSSR count). The van der Waals surface area contributed by atoms with Crippen molar-refractivity contribution >= 4 is 34.6 Å². The van der Waals surface area contributed by atoms with Crippen LogP contribution in [-0.2, 0) is 4.79 Å². The number of nitrogens with zero attached hydrogens (tertiary/aromatic N) is 2. The average Bonchev–Trinajstić information content (AvgIpc) is 3.23. The Morgan fingerprint density at radius 3 is 2.28 bits per heavy atom. The number of aryl methyl sites for hydroxylation is 2. The molecule has 0 bridgehead atoms. The fourth-order valence-electron chi connectivity index (χ4n) is 4.10. The molecule has 0 saturated carbocycles. The summed E-state index contributed by atoms with van der Waals surface area (Å²) in [5.41, 5.74) is 2.91. The minimum Gasteiger partial charge on any atom is -0.496 e. The van der Waals surface area contributed by atoms with Gasteiger partial charge in [0.05, 0.1) is 31.5 Å². The van der Waals surface area contributed by atoms with Crippen molar-refractivity contribution in [1.82, 2.24) is 4.57 Å². The van der Waals surface area contributed by atoms with Gasteiger partial charge in [0.1, 0.15) is 16.5 Å². The molecule has 1 N–H and O–H groups in total. The van der Waals surface area contributed by atoms with Crippen LogP contribution in [0, 0.1) is 25.2 Å². The highest BCUT2D eigenvalue weighted by atomic mass is 32.1. The molecule has 9 heteroatoms. The molecule has 1 aromatic heterocycles. The van der Waals surface area contributed by atoms with Crippen LogP contribution in [0.5, 0.6) is 17.2 Å². The van der Waals surface area contributed by atoms with E-state index in [4.69, 9.17) is 14.2 Å². The van der Waals surface area contributed by atoms with Crippen molar-refractivity contribution in [2.45, 2.75) is 13.8 Å². The number of benzene rings is 3. The first kappa shape index (κ1) is 27.2. The van der Waals surface area contributed by atoms with E-state index in [2.05, 4.69) is 5.32 Å². The molecule has 4 aromatic rings. The van der Waals surface area contributed by atoms with E-state index in [0.717, 1.165) is 22.5 Å². The smallest absolute Gasteiger partial charge is 0.273 e. The number of rotatable bonds is 7. The van der Waals surface area contributed by atoms with Gasteiger partial charge < -0.3 is 19.5 Å². The highest BCUT2D eigenvalue weighted by Crippen LogP contribution is 2.34. The normalized spacial score (nSPS) is 11.9. The lowest BCUT2D eigenvalue weighted by molar-refractivity contribution is -0.111. The van der Waals surface area contributed by atoms with E-state index in [1.165, 1.54) is 25.9 Å². The van der Waals surface area contributed by atoms with Gasteiger partial charge in [-0.1, -0.05) is 30.3 Å². The Hall–Kier alpha value is -4.81. The van der Waals surface area contributed by atoms with Gasteiger partial charge in [0, 0.05) is 17.3 Å². The van der Waals surface area contributed by atoms with Crippen molar-refractivity contribution in [3.8, 4) is 29.0 Å². The molecule has 1 amide bonds.